The standard InChI is InChI=1S/C25H26N2/c1-16-5-9-26-11-7-20-18(3)19(4)21-8-12-27-10-6-17(2)14-25(27)23(21)15-22(20)24(26)13-16/h5-6,9-10,13-14H,7-8,11-12H2,1-4H3/q+2. The third kappa shape index (κ3) is 2.48. The lowest BCUT2D eigenvalue weighted by Gasteiger charge is -2.19. The molecule has 134 valence electrons. The van der Waals surface area contributed by atoms with Gasteiger partial charge in [0.1, 0.15) is 0 Å². The van der Waals surface area contributed by atoms with Gasteiger partial charge in [-0.2, -0.15) is 9.13 Å². The van der Waals surface area contributed by atoms with Crippen molar-refractivity contribution in [2.24, 2.45) is 0 Å². The van der Waals surface area contributed by atoms with Gasteiger partial charge in [-0.1, -0.05) is 5.73 Å². The number of nitrogens with zero attached hydrogens (tertiary/aromatic N) is 2. The van der Waals surface area contributed by atoms with Gasteiger partial charge in [-0.3, -0.25) is 0 Å². The molecule has 2 aliphatic heterocycles. The van der Waals surface area contributed by atoms with Gasteiger partial charge in [0, 0.05) is 37.1 Å². The fourth-order valence-electron chi connectivity index (χ4n) is 4.72. The Hall–Kier alpha value is -2.70. The molecule has 0 unspecified atom stereocenters. The average Bonchev–Trinajstić information content (AvgIpc) is 2.77. The first-order valence-electron chi connectivity index (χ1n) is 9.95. The summed E-state index contributed by atoms with van der Waals surface area (Å²) in [4.78, 5) is 0. The van der Waals surface area contributed by atoms with Crippen molar-refractivity contribution in [3.8, 4) is 0 Å². The van der Waals surface area contributed by atoms with Crippen molar-refractivity contribution in [2.45, 2.75) is 53.6 Å². The molecule has 3 aliphatic rings. The summed E-state index contributed by atoms with van der Waals surface area (Å²) in [6, 6.07) is 9.06. The zero-order chi connectivity index (χ0) is 18.7. The summed E-state index contributed by atoms with van der Waals surface area (Å²) in [5.41, 5.74) is 17.6. The first-order valence-corrected chi connectivity index (χ1v) is 9.95. The van der Waals surface area contributed by atoms with Crippen LogP contribution < -0.4 is 9.13 Å². The minimum absolute atomic E-state index is 1.05. The van der Waals surface area contributed by atoms with Gasteiger partial charge in [0.15, 0.2) is 25.5 Å². The Kier molecular flexibility index (Phi) is 3.60. The number of rotatable bonds is 0. The first kappa shape index (κ1) is 16.5. The molecule has 2 nitrogen and oxygen atoms in total. The molecule has 0 N–H and O–H groups in total. The Morgan fingerprint density at radius 3 is 1.59 bits per heavy atom. The number of aryl methyl sites for hydroxylation is 4. The second-order valence-corrected chi connectivity index (χ2v) is 8.15. The summed E-state index contributed by atoms with van der Waals surface area (Å²) < 4.78 is 4.78. The maximum absolute atomic E-state index is 3.92. The number of aromatic nitrogens is 2. The van der Waals surface area contributed by atoms with Gasteiger partial charge in [0.25, 0.3) is 0 Å². The molecule has 0 radical (unpaired) electrons. The summed E-state index contributed by atoms with van der Waals surface area (Å²) in [5, 5.41) is 0. The topological polar surface area (TPSA) is 7.76 Å². The maximum Gasteiger partial charge on any atom is 0.220 e. The second kappa shape index (κ2) is 5.90. The van der Waals surface area contributed by atoms with E-state index in [9.17, 15) is 0 Å². The molecule has 2 aromatic rings. The maximum atomic E-state index is 3.92. The third-order valence-corrected chi connectivity index (χ3v) is 6.42. The Bertz CT molecular complexity index is 1050. The van der Waals surface area contributed by atoms with Gasteiger partial charge in [0.05, 0.1) is 11.1 Å². The predicted octanol–water partition coefficient (Wildman–Crippen LogP) is 4.40. The van der Waals surface area contributed by atoms with Crippen LogP contribution in [0.5, 0.6) is 0 Å². The molecule has 5 rings (SSSR count). The van der Waals surface area contributed by atoms with Crippen molar-refractivity contribution in [1.29, 1.82) is 0 Å². The van der Waals surface area contributed by atoms with Crippen LogP contribution in [0.25, 0.3) is 11.1 Å². The molecule has 0 atom stereocenters. The fourth-order valence-corrected chi connectivity index (χ4v) is 4.72. The zero-order valence-corrected chi connectivity index (χ0v) is 16.7. The van der Waals surface area contributed by atoms with Crippen molar-refractivity contribution in [3.63, 3.8) is 0 Å². The highest BCUT2D eigenvalue weighted by molar-refractivity contribution is 5.90. The summed E-state index contributed by atoms with van der Waals surface area (Å²) >= 11 is 0. The highest BCUT2D eigenvalue weighted by Crippen LogP contribution is 2.41. The molecule has 0 amide bonds. The molecule has 4 heterocycles. The van der Waals surface area contributed by atoms with Gasteiger partial charge in [-0.15, -0.1) is 0 Å². The average molecular weight is 354 g/mol. The van der Waals surface area contributed by atoms with Crippen LogP contribution in [0, 0.1) is 13.8 Å². The number of allylic oxidation sites excluding steroid dienone is 5. The highest BCUT2D eigenvalue weighted by Gasteiger charge is 2.33. The number of hydrogen-bond donors (Lipinski definition) is 0. The van der Waals surface area contributed by atoms with Gasteiger partial charge in [0.2, 0.25) is 11.4 Å². The van der Waals surface area contributed by atoms with Gasteiger partial charge < -0.3 is 0 Å². The van der Waals surface area contributed by atoms with E-state index in [4.69, 9.17) is 0 Å². The lowest BCUT2D eigenvalue weighted by atomic mass is 9.88. The molecule has 27 heavy (non-hydrogen) atoms. The number of hydrogen-bond acceptors (Lipinski definition) is 0. The molecule has 1 aliphatic carbocycles. The highest BCUT2D eigenvalue weighted by atomic mass is 15.0. The van der Waals surface area contributed by atoms with Crippen molar-refractivity contribution in [1.82, 2.24) is 0 Å². The van der Waals surface area contributed by atoms with Crippen LogP contribution in [-0.4, -0.2) is 0 Å². The smallest absolute Gasteiger partial charge is 0.197 e. The molecular weight excluding hydrogens is 328 g/mol. The number of pyridine rings is 2. The molecule has 2 aromatic heterocycles. The van der Waals surface area contributed by atoms with E-state index in [1.807, 2.05) is 0 Å². The Labute approximate surface area is 161 Å². The van der Waals surface area contributed by atoms with Gasteiger partial charge in [-0.25, -0.2) is 0 Å². The molecule has 0 saturated carbocycles. The van der Waals surface area contributed by atoms with Crippen LogP contribution in [0.2, 0.25) is 0 Å². The Morgan fingerprint density at radius 1 is 0.704 bits per heavy atom. The lowest BCUT2D eigenvalue weighted by molar-refractivity contribution is -0.700. The van der Waals surface area contributed by atoms with Crippen molar-refractivity contribution >= 4 is 11.1 Å². The largest absolute Gasteiger partial charge is 0.220 e. The van der Waals surface area contributed by atoms with E-state index < -0.39 is 0 Å². The van der Waals surface area contributed by atoms with E-state index >= 15 is 0 Å². The van der Waals surface area contributed by atoms with Crippen LogP contribution in [-0.2, 0) is 13.1 Å². The van der Waals surface area contributed by atoms with E-state index in [0.717, 1.165) is 25.9 Å². The number of fused-ring (bicyclic) bond motifs is 6. The summed E-state index contributed by atoms with van der Waals surface area (Å²) in [6.07, 6.45) is 6.63. The SMILES string of the molecule is CC1=C2CC[n+]3ccc(C)cc3C2=C=C2C(=C1C)CC[n+]1ccc(C)cc12. The second-order valence-electron chi connectivity index (χ2n) is 8.15. The summed E-state index contributed by atoms with van der Waals surface area (Å²) in [6.45, 7) is 11.1. The lowest BCUT2D eigenvalue weighted by Crippen LogP contribution is -2.41. The van der Waals surface area contributed by atoms with Crippen molar-refractivity contribution in [3.05, 3.63) is 87.2 Å². The Morgan fingerprint density at radius 2 is 1.15 bits per heavy atom. The molecule has 0 saturated heterocycles. The molecule has 0 spiro atoms. The zero-order valence-electron chi connectivity index (χ0n) is 16.7. The van der Waals surface area contributed by atoms with Crippen molar-refractivity contribution in [2.75, 3.05) is 0 Å². The Balaban J connectivity index is 1.89. The minimum Gasteiger partial charge on any atom is -0.197 e. The normalized spacial score (nSPS) is 18.1. The van der Waals surface area contributed by atoms with Gasteiger partial charge >= 0.3 is 0 Å². The molecule has 0 bridgehead atoms. The molecule has 0 fully saturated rings. The summed E-state index contributed by atoms with van der Waals surface area (Å²) in [7, 11) is 0. The van der Waals surface area contributed by atoms with E-state index in [-0.39, 0.29) is 0 Å². The third-order valence-electron chi connectivity index (χ3n) is 6.42. The van der Waals surface area contributed by atoms with Crippen LogP contribution in [0.4, 0.5) is 0 Å². The minimum atomic E-state index is 1.05. The van der Waals surface area contributed by atoms with Crippen LogP contribution in [0.3, 0.4) is 0 Å². The van der Waals surface area contributed by atoms with Crippen LogP contribution >= 0.6 is 0 Å². The van der Waals surface area contributed by atoms with E-state index in [1.54, 1.807) is 0 Å². The van der Waals surface area contributed by atoms with Gasteiger partial charge in [-0.05, 0) is 61.1 Å². The van der Waals surface area contributed by atoms with Crippen LogP contribution in [0.15, 0.2) is 64.7 Å². The molecular formula is C25H26N2+2. The van der Waals surface area contributed by atoms with E-state index in [2.05, 4.69) is 79.2 Å². The summed E-state index contributed by atoms with van der Waals surface area (Å²) in [5.74, 6) is 0. The molecule has 2 heteroatoms. The van der Waals surface area contributed by atoms with E-state index in [0.29, 0.717) is 0 Å². The van der Waals surface area contributed by atoms with Crippen LogP contribution in [0.1, 0.15) is 49.2 Å². The fraction of sp³-hybridized carbons (Fsp3) is 0.320. The molecule has 0 aromatic carbocycles. The predicted molar refractivity (Wildman–Crippen MR) is 108 cm³/mol. The monoisotopic (exact) mass is 354 g/mol. The quantitative estimate of drug-likeness (QED) is 0.489. The first-order chi connectivity index (χ1) is 13.0. The van der Waals surface area contributed by atoms with Crippen molar-refractivity contribution < 1.29 is 9.13 Å². The van der Waals surface area contributed by atoms with E-state index in [1.165, 1.54) is 56.0 Å².